The van der Waals surface area contributed by atoms with Gasteiger partial charge in [0.1, 0.15) is 5.82 Å². The van der Waals surface area contributed by atoms with Crippen molar-refractivity contribution in [2.75, 3.05) is 11.3 Å². The number of benzene rings is 3. The van der Waals surface area contributed by atoms with Gasteiger partial charge >= 0.3 is 12.4 Å². The molecule has 0 aromatic heterocycles. The molecule has 196 valence electrons. The predicted octanol–water partition coefficient (Wildman–Crippen LogP) is 8.03. The summed E-state index contributed by atoms with van der Waals surface area (Å²) in [7, 11) is 0. The van der Waals surface area contributed by atoms with Crippen LogP contribution in [-0.4, -0.2) is 35.0 Å². The summed E-state index contributed by atoms with van der Waals surface area (Å²) >= 11 is 7.67. The van der Waals surface area contributed by atoms with E-state index in [1.54, 1.807) is 12.1 Å². The summed E-state index contributed by atoms with van der Waals surface area (Å²) in [5.74, 6) is -0.868. The lowest BCUT2D eigenvalue weighted by molar-refractivity contribution is -0.338. The maximum absolute atomic E-state index is 15.4. The number of thioether (sulfide) groups is 1. The molecule has 0 spiro atoms. The average Bonchev–Trinajstić information content (AvgIpc) is 3.27. The van der Waals surface area contributed by atoms with Crippen molar-refractivity contribution in [3.8, 4) is 11.1 Å². The van der Waals surface area contributed by atoms with Crippen LogP contribution in [0.4, 0.5) is 36.4 Å². The summed E-state index contributed by atoms with van der Waals surface area (Å²) in [5.41, 5.74) is -5.99. The van der Waals surface area contributed by atoms with Gasteiger partial charge in [-0.15, -0.1) is 11.8 Å². The van der Waals surface area contributed by atoms with Crippen LogP contribution in [0.15, 0.2) is 76.7 Å². The molecule has 0 fully saturated rings. The highest BCUT2D eigenvalue weighted by Gasteiger charge is 2.74. The molecule has 1 atom stereocenters. The van der Waals surface area contributed by atoms with E-state index in [9.17, 15) is 31.4 Å². The first-order valence-electron chi connectivity index (χ1n) is 10.7. The van der Waals surface area contributed by atoms with E-state index in [0.29, 0.717) is 11.1 Å². The van der Waals surface area contributed by atoms with Crippen LogP contribution < -0.4 is 5.01 Å². The second-order valence-electron chi connectivity index (χ2n) is 8.23. The summed E-state index contributed by atoms with van der Waals surface area (Å²) in [6, 6.07) is 15.3. The van der Waals surface area contributed by atoms with Crippen LogP contribution in [0.3, 0.4) is 0 Å². The summed E-state index contributed by atoms with van der Waals surface area (Å²) in [5, 5.41) is 14.2. The zero-order chi connectivity index (χ0) is 27.2. The van der Waals surface area contributed by atoms with Crippen molar-refractivity contribution in [1.82, 2.24) is 0 Å². The Morgan fingerprint density at radius 1 is 0.919 bits per heavy atom. The Hall–Kier alpha value is -2.76. The van der Waals surface area contributed by atoms with Crippen molar-refractivity contribution in [2.24, 2.45) is 5.10 Å². The van der Waals surface area contributed by atoms with Gasteiger partial charge in [0.15, 0.2) is 0 Å². The van der Waals surface area contributed by atoms with Crippen LogP contribution in [0, 0.1) is 5.82 Å². The molecule has 12 heteroatoms. The normalized spacial score (nSPS) is 16.8. The predicted molar refractivity (Wildman–Crippen MR) is 129 cm³/mol. The fraction of sp³-hybridized carbons (Fsp3) is 0.240. The standard InChI is InChI=1S/C25H18ClF7N2OS/c1-37-16-9-6-14(7-10-16)15-8-11-17(19(27)12-15)21-13-22(23(36,24(28,29)30)25(31,32)33)34-35(21)20-5-3-2-4-18(20)26/h2-12,21,36H,13H2,1H3. The second kappa shape index (κ2) is 9.85. The van der Waals surface area contributed by atoms with Crippen LogP contribution in [0.2, 0.25) is 5.02 Å². The third-order valence-corrected chi connectivity index (χ3v) is 7.09. The van der Waals surface area contributed by atoms with E-state index in [1.165, 1.54) is 48.2 Å². The van der Waals surface area contributed by atoms with E-state index in [4.69, 9.17) is 11.6 Å². The summed E-state index contributed by atoms with van der Waals surface area (Å²) < 4.78 is 97.0. The number of hydrogen-bond donors (Lipinski definition) is 1. The van der Waals surface area contributed by atoms with Gasteiger partial charge in [-0.3, -0.25) is 5.01 Å². The Morgan fingerprint density at radius 2 is 1.51 bits per heavy atom. The van der Waals surface area contributed by atoms with Crippen LogP contribution in [-0.2, 0) is 0 Å². The van der Waals surface area contributed by atoms with Gasteiger partial charge in [0, 0.05) is 16.9 Å². The highest BCUT2D eigenvalue weighted by atomic mass is 35.5. The fourth-order valence-corrected chi connectivity index (χ4v) is 4.71. The van der Waals surface area contributed by atoms with Gasteiger partial charge in [-0.1, -0.05) is 48.0 Å². The van der Waals surface area contributed by atoms with Crippen LogP contribution in [0.25, 0.3) is 11.1 Å². The van der Waals surface area contributed by atoms with E-state index in [-0.39, 0.29) is 16.3 Å². The molecule has 3 aromatic carbocycles. The molecule has 3 nitrogen and oxygen atoms in total. The van der Waals surface area contributed by atoms with Crippen molar-refractivity contribution >= 4 is 34.8 Å². The molecule has 0 amide bonds. The molecule has 0 aliphatic carbocycles. The number of aliphatic hydroxyl groups is 1. The average molecular weight is 563 g/mol. The molecule has 37 heavy (non-hydrogen) atoms. The molecule has 0 radical (unpaired) electrons. The van der Waals surface area contributed by atoms with Gasteiger partial charge in [0.2, 0.25) is 0 Å². The molecule has 4 rings (SSSR count). The van der Waals surface area contributed by atoms with E-state index >= 15 is 4.39 Å². The first-order chi connectivity index (χ1) is 17.3. The number of hydrogen-bond acceptors (Lipinski definition) is 4. The number of alkyl halides is 6. The third kappa shape index (κ3) is 4.92. The SMILES string of the molecule is CSc1ccc(-c2ccc(C3CC(C(O)(C(F)(F)F)C(F)(F)F)=NN3c3ccccc3Cl)c(F)c2)cc1. The first kappa shape index (κ1) is 27.3. The van der Waals surface area contributed by atoms with Gasteiger partial charge in [-0.2, -0.15) is 31.4 Å². The highest BCUT2D eigenvalue weighted by molar-refractivity contribution is 7.98. The Labute approximate surface area is 216 Å². The zero-order valence-electron chi connectivity index (χ0n) is 18.9. The van der Waals surface area contributed by atoms with Crippen molar-refractivity contribution in [3.63, 3.8) is 0 Å². The third-order valence-electron chi connectivity index (χ3n) is 6.03. The molecule has 1 aliphatic heterocycles. The number of anilines is 1. The summed E-state index contributed by atoms with van der Waals surface area (Å²) in [4.78, 5) is 0.980. The lowest BCUT2D eigenvalue weighted by Gasteiger charge is -2.32. The second-order valence-corrected chi connectivity index (χ2v) is 9.52. The molecule has 3 aromatic rings. The first-order valence-corrected chi connectivity index (χ1v) is 12.3. The molecule has 1 aliphatic rings. The van der Waals surface area contributed by atoms with E-state index in [0.717, 1.165) is 16.0 Å². The zero-order valence-corrected chi connectivity index (χ0v) is 20.5. The minimum atomic E-state index is -6.13. The number of para-hydroxylation sites is 1. The minimum absolute atomic E-state index is 0.0361. The van der Waals surface area contributed by atoms with E-state index in [1.807, 2.05) is 18.4 Å². The maximum Gasteiger partial charge on any atom is 0.431 e. The molecular formula is C25H18ClF7N2OS. The highest BCUT2D eigenvalue weighted by Crippen LogP contribution is 2.49. The lowest BCUT2D eigenvalue weighted by Crippen LogP contribution is -2.62. The Morgan fingerprint density at radius 3 is 2.05 bits per heavy atom. The quantitative estimate of drug-likeness (QED) is 0.253. The number of hydrazone groups is 1. The van der Waals surface area contributed by atoms with Crippen LogP contribution in [0.5, 0.6) is 0 Å². The Kier molecular flexibility index (Phi) is 7.26. The topological polar surface area (TPSA) is 35.8 Å². The van der Waals surface area contributed by atoms with Gasteiger partial charge in [-0.25, -0.2) is 4.39 Å². The van der Waals surface area contributed by atoms with Crippen molar-refractivity contribution in [3.05, 3.63) is 83.1 Å². The molecule has 0 saturated carbocycles. The van der Waals surface area contributed by atoms with Gasteiger partial charge in [0.05, 0.1) is 22.5 Å². The van der Waals surface area contributed by atoms with Crippen molar-refractivity contribution in [2.45, 2.75) is 35.3 Å². The molecule has 0 bridgehead atoms. The summed E-state index contributed by atoms with van der Waals surface area (Å²) in [6.45, 7) is 0. The number of rotatable bonds is 5. The molecule has 1 unspecified atom stereocenters. The van der Waals surface area contributed by atoms with Gasteiger partial charge < -0.3 is 5.11 Å². The van der Waals surface area contributed by atoms with E-state index < -0.39 is 41.9 Å². The van der Waals surface area contributed by atoms with E-state index in [2.05, 4.69) is 5.10 Å². The minimum Gasteiger partial charge on any atom is -0.369 e. The summed E-state index contributed by atoms with van der Waals surface area (Å²) in [6.07, 6.45) is -11.4. The maximum atomic E-state index is 15.4. The van der Waals surface area contributed by atoms with Crippen LogP contribution >= 0.6 is 23.4 Å². The molecule has 1 N–H and O–H groups in total. The van der Waals surface area contributed by atoms with Crippen LogP contribution in [0.1, 0.15) is 18.0 Å². The van der Waals surface area contributed by atoms with Crippen molar-refractivity contribution < 1.29 is 35.8 Å². The van der Waals surface area contributed by atoms with Gasteiger partial charge in [0.25, 0.3) is 5.60 Å². The largest absolute Gasteiger partial charge is 0.431 e. The molecular weight excluding hydrogens is 545 g/mol. The fourth-order valence-electron chi connectivity index (χ4n) is 4.08. The van der Waals surface area contributed by atoms with Crippen molar-refractivity contribution in [1.29, 1.82) is 0 Å². The molecule has 1 heterocycles. The van der Waals surface area contributed by atoms with Gasteiger partial charge in [-0.05, 0) is 47.7 Å². The Bertz CT molecular complexity index is 1310. The lowest BCUT2D eigenvalue weighted by atomic mass is 9.89. The number of nitrogens with zero attached hydrogens (tertiary/aromatic N) is 2. The molecule has 0 saturated heterocycles. The Balaban J connectivity index is 1.81. The number of halogens is 8. The monoisotopic (exact) mass is 562 g/mol. The smallest absolute Gasteiger partial charge is 0.369 e.